The van der Waals surface area contributed by atoms with Crippen LogP contribution < -0.4 is 4.74 Å². The van der Waals surface area contributed by atoms with Crippen LogP contribution in [0.25, 0.3) is 6.08 Å². The monoisotopic (exact) mass is 252 g/mol. The molecule has 0 amide bonds. The van der Waals surface area contributed by atoms with Crippen molar-refractivity contribution < 1.29 is 18.7 Å². The van der Waals surface area contributed by atoms with Gasteiger partial charge in [0, 0.05) is 17.7 Å². The lowest BCUT2D eigenvalue weighted by Gasteiger charge is -2.08. The molecule has 0 N–H and O–H groups in total. The van der Waals surface area contributed by atoms with Crippen LogP contribution in [0.1, 0.15) is 25.3 Å². The molecule has 0 heterocycles. The highest BCUT2D eigenvalue weighted by molar-refractivity contribution is 5.87. The van der Waals surface area contributed by atoms with Crippen LogP contribution in [0, 0.1) is 5.82 Å². The third-order valence-electron chi connectivity index (χ3n) is 2.33. The van der Waals surface area contributed by atoms with Crippen molar-refractivity contribution in [3.05, 3.63) is 35.7 Å². The molecular weight excluding hydrogens is 235 g/mol. The summed E-state index contributed by atoms with van der Waals surface area (Å²) in [7, 11) is 1.30. The topological polar surface area (TPSA) is 35.5 Å². The first-order valence-electron chi connectivity index (χ1n) is 5.85. The largest absolute Gasteiger partial charge is 0.493 e. The van der Waals surface area contributed by atoms with Crippen LogP contribution in [0.3, 0.4) is 0 Å². The van der Waals surface area contributed by atoms with Crippen molar-refractivity contribution in [3.8, 4) is 5.75 Å². The van der Waals surface area contributed by atoms with E-state index in [-0.39, 0.29) is 5.82 Å². The Kier molecular flexibility index (Phi) is 5.91. The van der Waals surface area contributed by atoms with E-state index in [0.717, 1.165) is 12.8 Å². The van der Waals surface area contributed by atoms with E-state index in [9.17, 15) is 9.18 Å². The Bertz CT molecular complexity index is 427. The van der Waals surface area contributed by atoms with Gasteiger partial charge in [-0.1, -0.05) is 13.3 Å². The third kappa shape index (κ3) is 4.57. The summed E-state index contributed by atoms with van der Waals surface area (Å²) in [4.78, 5) is 11.0. The van der Waals surface area contributed by atoms with E-state index in [2.05, 4.69) is 4.74 Å². The maximum Gasteiger partial charge on any atom is 0.330 e. The zero-order valence-corrected chi connectivity index (χ0v) is 10.6. The minimum Gasteiger partial charge on any atom is -0.493 e. The molecule has 0 fully saturated rings. The number of carbonyl (C=O) groups excluding carboxylic acids is 1. The summed E-state index contributed by atoms with van der Waals surface area (Å²) >= 11 is 0. The molecule has 0 bridgehead atoms. The molecule has 0 aromatic heterocycles. The van der Waals surface area contributed by atoms with Crippen LogP contribution in [-0.2, 0) is 9.53 Å². The quantitative estimate of drug-likeness (QED) is 0.443. The number of carbonyl (C=O) groups is 1. The molecule has 0 aliphatic rings. The van der Waals surface area contributed by atoms with Gasteiger partial charge in [0.15, 0.2) is 0 Å². The summed E-state index contributed by atoms with van der Waals surface area (Å²) in [6, 6.07) is 4.20. The smallest absolute Gasteiger partial charge is 0.330 e. The highest BCUT2D eigenvalue weighted by atomic mass is 19.1. The summed E-state index contributed by atoms with van der Waals surface area (Å²) in [5, 5.41) is 0. The van der Waals surface area contributed by atoms with Gasteiger partial charge in [-0.3, -0.25) is 0 Å². The van der Waals surface area contributed by atoms with Crippen molar-refractivity contribution in [2.24, 2.45) is 0 Å². The molecule has 4 heteroatoms. The number of methoxy groups -OCH3 is 1. The maximum absolute atomic E-state index is 13.1. The molecule has 0 unspecified atom stereocenters. The van der Waals surface area contributed by atoms with Gasteiger partial charge in [-0.2, -0.15) is 0 Å². The van der Waals surface area contributed by atoms with Crippen LogP contribution in [0.5, 0.6) is 5.75 Å². The van der Waals surface area contributed by atoms with Crippen molar-refractivity contribution >= 4 is 12.0 Å². The van der Waals surface area contributed by atoms with Gasteiger partial charge in [0.05, 0.1) is 13.7 Å². The number of unbranched alkanes of at least 4 members (excludes halogenated alkanes) is 1. The molecule has 1 aromatic carbocycles. The normalized spacial score (nSPS) is 10.6. The number of rotatable bonds is 6. The second kappa shape index (κ2) is 7.48. The Labute approximate surface area is 106 Å². The lowest BCUT2D eigenvalue weighted by molar-refractivity contribution is -0.134. The van der Waals surface area contributed by atoms with Gasteiger partial charge in [0.1, 0.15) is 11.6 Å². The minimum absolute atomic E-state index is 0.364. The van der Waals surface area contributed by atoms with E-state index in [0.29, 0.717) is 17.9 Å². The van der Waals surface area contributed by atoms with Crippen LogP contribution >= 0.6 is 0 Å². The molecule has 0 radical (unpaired) electrons. The summed E-state index contributed by atoms with van der Waals surface area (Å²) in [6.07, 6.45) is 4.73. The van der Waals surface area contributed by atoms with Crippen molar-refractivity contribution in [3.63, 3.8) is 0 Å². The van der Waals surface area contributed by atoms with Crippen LogP contribution in [0.4, 0.5) is 4.39 Å². The van der Waals surface area contributed by atoms with E-state index in [1.807, 2.05) is 6.92 Å². The molecule has 98 valence electrons. The number of esters is 1. The zero-order valence-electron chi connectivity index (χ0n) is 10.6. The first-order chi connectivity index (χ1) is 8.67. The Morgan fingerprint density at radius 3 is 2.89 bits per heavy atom. The number of halogens is 1. The van der Waals surface area contributed by atoms with Crippen molar-refractivity contribution in [2.75, 3.05) is 13.7 Å². The SMILES string of the molecule is CCCCOc1cc(F)ccc1/C=C/C(=O)OC. The number of benzene rings is 1. The molecule has 0 spiro atoms. The molecule has 0 atom stereocenters. The van der Waals surface area contributed by atoms with Crippen LogP contribution in [-0.4, -0.2) is 19.7 Å². The molecular formula is C14H17FO3. The highest BCUT2D eigenvalue weighted by Gasteiger charge is 2.03. The van der Waals surface area contributed by atoms with Crippen molar-refractivity contribution in [2.45, 2.75) is 19.8 Å². The van der Waals surface area contributed by atoms with Crippen LogP contribution in [0.15, 0.2) is 24.3 Å². The Hall–Kier alpha value is -1.84. The molecule has 1 rings (SSSR count). The molecule has 0 aliphatic carbocycles. The summed E-state index contributed by atoms with van der Waals surface area (Å²) in [5.74, 6) is -0.390. The van der Waals surface area contributed by atoms with Gasteiger partial charge < -0.3 is 9.47 Å². The van der Waals surface area contributed by atoms with Gasteiger partial charge in [-0.15, -0.1) is 0 Å². The Balaban J connectivity index is 2.82. The lowest BCUT2D eigenvalue weighted by atomic mass is 10.2. The standard InChI is InChI=1S/C14H17FO3/c1-3-4-9-18-13-10-12(15)7-5-11(13)6-8-14(16)17-2/h5-8,10H,3-4,9H2,1-2H3/b8-6+. The van der Waals surface area contributed by atoms with Crippen LogP contribution in [0.2, 0.25) is 0 Å². The van der Waals surface area contributed by atoms with E-state index in [1.165, 1.54) is 25.3 Å². The maximum atomic E-state index is 13.1. The first kappa shape index (κ1) is 14.2. The van der Waals surface area contributed by atoms with Gasteiger partial charge in [-0.05, 0) is 24.6 Å². The van der Waals surface area contributed by atoms with E-state index in [4.69, 9.17) is 4.74 Å². The first-order valence-corrected chi connectivity index (χ1v) is 5.85. The molecule has 18 heavy (non-hydrogen) atoms. The van der Waals surface area contributed by atoms with Gasteiger partial charge in [-0.25, -0.2) is 9.18 Å². The number of ether oxygens (including phenoxy) is 2. The third-order valence-corrected chi connectivity index (χ3v) is 2.33. The van der Waals surface area contributed by atoms with Crippen molar-refractivity contribution in [1.29, 1.82) is 0 Å². The van der Waals surface area contributed by atoms with Crippen molar-refractivity contribution in [1.82, 2.24) is 0 Å². The molecule has 0 saturated heterocycles. The van der Waals surface area contributed by atoms with E-state index >= 15 is 0 Å². The molecule has 1 aromatic rings. The van der Waals surface area contributed by atoms with Gasteiger partial charge in [0.2, 0.25) is 0 Å². The van der Waals surface area contributed by atoms with E-state index in [1.54, 1.807) is 12.1 Å². The predicted molar refractivity (Wildman–Crippen MR) is 67.9 cm³/mol. The van der Waals surface area contributed by atoms with Gasteiger partial charge >= 0.3 is 5.97 Å². The second-order valence-corrected chi connectivity index (χ2v) is 3.74. The summed E-state index contributed by atoms with van der Waals surface area (Å²) in [6.45, 7) is 2.58. The second-order valence-electron chi connectivity index (χ2n) is 3.74. The zero-order chi connectivity index (χ0) is 13.4. The molecule has 0 aliphatic heterocycles. The predicted octanol–water partition coefficient (Wildman–Crippen LogP) is 3.19. The summed E-state index contributed by atoms with van der Waals surface area (Å²) in [5.41, 5.74) is 0.651. The average molecular weight is 252 g/mol. The minimum atomic E-state index is -0.459. The van der Waals surface area contributed by atoms with E-state index < -0.39 is 5.97 Å². The fraction of sp³-hybridized carbons (Fsp3) is 0.357. The number of hydrogen-bond acceptors (Lipinski definition) is 3. The summed E-state index contributed by atoms with van der Waals surface area (Å²) < 4.78 is 23.1. The highest BCUT2D eigenvalue weighted by Crippen LogP contribution is 2.21. The molecule has 3 nitrogen and oxygen atoms in total. The average Bonchev–Trinajstić information content (AvgIpc) is 2.37. The fourth-order valence-corrected chi connectivity index (χ4v) is 1.32. The fourth-order valence-electron chi connectivity index (χ4n) is 1.32. The molecule has 0 saturated carbocycles. The Morgan fingerprint density at radius 1 is 1.44 bits per heavy atom. The lowest BCUT2D eigenvalue weighted by Crippen LogP contribution is -1.99. The Morgan fingerprint density at radius 2 is 2.22 bits per heavy atom. The van der Waals surface area contributed by atoms with Gasteiger partial charge in [0.25, 0.3) is 0 Å². The number of hydrogen-bond donors (Lipinski definition) is 0.